The van der Waals surface area contributed by atoms with Gasteiger partial charge in [0.2, 0.25) is 0 Å². The monoisotopic (exact) mass is 279 g/mol. The molecule has 0 spiro atoms. The molecular formula is C15H21NO2S. The molecule has 0 aliphatic heterocycles. The highest BCUT2D eigenvalue weighted by Gasteiger charge is 2.21. The van der Waals surface area contributed by atoms with Crippen molar-refractivity contribution in [2.75, 3.05) is 11.6 Å². The van der Waals surface area contributed by atoms with Crippen LogP contribution in [0.25, 0.3) is 0 Å². The molecule has 0 amide bonds. The van der Waals surface area contributed by atoms with Gasteiger partial charge in [-0.3, -0.25) is 0 Å². The van der Waals surface area contributed by atoms with Crippen molar-refractivity contribution in [3.8, 4) is 0 Å². The van der Waals surface area contributed by atoms with E-state index in [9.17, 15) is 9.90 Å². The Bertz CT molecular complexity index is 453. The zero-order chi connectivity index (χ0) is 13.8. The lowest BCUT2D eigenvalue weighted by atomic mass is 9.87. The van der Waals surface area contributed by atoms with Crippen molar-refractivity contribution in [1.29, 1.82) is 0 Å². The third-order valence-electron chi connectivity index (χ3n) is 3.84. The summed E-state index contributed by atoms with van der Waals surface area (Å²) in [6, 6.07) is 6.07. The third kappa shape index (κ3) is 3.44. The smallest absolute Gasteiger partial charge is 0.338 e. The van der Waals surface area contributed by atoms with Gasteiger partial charge in [0.15, 0.2) is 0 Å². The second-order valence-electron chi connectivity index (χ2n) is 5.29. The fourth-order valence-corrected chi connectivity index (χ4v) is 3.28. The van der Waals surface area contributed by atoms with Crippen molar-refractivity contribution < 1.29 is 9.90 Å². The van der Waals surface area contributed by atoms with Crippen LogP contribution in [0.3, 0.4) is 0 Å². The van der Waals surface area contributed by atoms with Crippen LogP contribution in [0.4, 0.5) is 5.69 Å². The van der Waals surface area contributed by atoms with Crippen LogP contribution in [0, 0.1) is 5.92 Å². The molecule has 3 nitrogen and oxygen atoms in total. The van der Waals surface area contributed by atoms with Gasteiger partial charge in [-0.25, -0.2) is 4.79 Å². The first-order chi connectivity index (χ1) is 9.11. The number of carboxylic acids is 1. The maximum Gasteiger partial charge on any atom is 0.338 e. The number of nitrogens with one attached hydrogen (secondary N) is 1. The molecule has 1 aromatic rings. The topological polar surface area (TPSA) is 49.3 Å². The van der Waals surface area contributed by atoms with Gasteiger partial charge in [0.05, 0.1) is 11.3 Å². The average molecular weight is 279 g/mol. The van der Waals surface area contributed by atoms with Crippen molar-refractivity contribution >= 4 is 23.4 Å². The minimum absolute atomic E-state index is 0.409. The first-order valence-corrected chi connectivity index (χ1v) is 8.01. The summed E-state index contributed by atoms with van der Waals surface area (Å²) in [6.45, 7) is 2.28. The fourth-order valence-electron chi connectivity index (χ4n) is 2.67. The zero-order valence-electron chi connectivity index (χ0n) is 11.5. The Labute approximate surface area is 118 Å². The van der Waals surface area contributed by atoms with Gasteiger partial charge in [0, 0.05) is 10.9 Å². The summed E-state index contributed by atoms with van der Waals surface area (Å²) >= 11 is 1.48. The molecule has 0 atom stereocenters. The summed E-state index contributed by atoms with van der Waals surface area (Å²) in [6.07, 6.45) is 6.62. The van der Waals surface area contributed by atoms with Crippen molar-refractivity contribution in [3.05, 3.63) is 23.8 Å². The number of hydrogen-bond donors (Lipinski definition) is 2. The summed E-state index contributed by atoms with van der Waals surface area (Å²) in [7, 11) is 0. The van der Waals surface area contributed by atoms with Crippen LogP contribution in [0.5, 0.6) is 0 Å². The highest BCUT2D eigenvalue weighted by atomic mass is 32.2. The standard InChI is InChI=1S/C15H21NO2S/c1-10-6-8-11(9-7-10)16-12-4-3-5-13(19-2)14(12)15(17)18/h3-5,10-11,16H,6-9H2,1-2H3,(H,17,18). The van der Waals surface area contributed by atoms with Crippen LogP contribution in [0.15, 0.2) is 23.1 Å². The first-order valence-electron chi connectivity index (χ1n) is 6.78. The molecule has 1 aliphatic rings. The zero-order valence-corrected chi connectivity index (χ0v) is 12.3. The molecule has 2 N–H and O–H groups in total. The Hall–Kier alpha value is -1.16. The lowest BCUT2D eigenvalue weighted by Crippen LogP contribution is -2.26. The second kappa shape index (κ2) is 6.33. The molecule has 0 aromatic heterocycles. The summed E-state index contributed by atoms with van der Waals surface area (Å²) in [5, 5.41) is 12.8. The highest BCUT2D eigenvalue weighted by molar-refractivity contribution is 7.98. The van der Waals surface area contributed by atoms with E-state index in [0.29, 0.717) is 11.6 Å². The van der Waals surface area contributed by atoms with E-state index in [-0.39, 0.29) is 0 Å². The quantitative estimate of drug-likeness (QED) is 0.815. The van der Waals surface area contributed by atoms with E-state index in [4.69, 9.17) is 0 Å². The van der Waals surface area contributed by atoms with Crippen LogP contribution in [-0.4, -0.2) is 23.4 Å². The van der Waals surface area contributed by atoms with E-state index < -0.39 is 5.97 Å². The van der Waals surface area contributed by atoms with E-state index in [1.165, 1.54) is 24.6 Å². The van der Waals surface area contributed by atoms with Crippen LogP contribution < -0.4 is 5.32 Å². The summed E-state index contributed by atoms with van der Waals surface area (Å²) in [5.74, 6) is -0.0499. The Morgan fingerprint density at radius 3 is 2.58 bits per heavy atom. The summed E-state index contributed by atoms with van der Waals surface area (Å²) in [4.78, 5) is 12.3. The number of carboxylic acid groups (broad SMARTS) is 1. The Balaban J connectivity index is 2.17. The van der Waals surface area contributed by atoms with Gasteiger partial charge in [-0.2, -0.15) is 0 Å². The van der Waals surface area contributed by atoms with Gasteiger partial charge >= 0.3 is 5.97 Å². The van der Waals surface area contributed by atoms with E-state index in [0.717, 1.165) is 29.3 Å². The van der Waals surface area contributed by atoms with Gasteiger partial charge in [-0.05, 0) is 50.0 Å². The number of benzene rings is 1. The molecule has 19 heavy (non-hydrogen) atoms. The predicted octanol–water partition coefficient (Wildman–Crippen LogP) is 4.10. The lowest BCUT2D eigenvalue weighted by molar-refractivity contribution is 0.0694. The van der Waals surface area contributed by atoms with Gasteiger partial charge in [-0.1, -0.05) is 13.0 Å². The molecule has 1 fully saturated rings. The maximum absolute atomic E-state index is 11.4. The molecule has 4 heteroatoms. The van der Waals surface area contributed by atoms with Gasteiger partial charge < -0.3 is 10.4 Å². The van der Waals surface area contributed by atoms with Crippen molar-refractivity contribution in [1.82, 2.24) is 0 Å². The molecule has 104 valence electrons. The summed E-state index contributed by atoms with van der Waals surface area (Å²) in [5.41, 5.74) is 1.17. The highest BCUT2D eigenvalue weighted by Crippen LogP contribution is 2.31. The number of carbonyl (C=O) groups is 1. The molecule has 0 heterocycles. The Morgan fingerprint density at radius 2 is 2.00 bits per heavy atom. The van der Waals surface area contributed by atoms with Crippen molar-refractivity contribution in [2.24, 2.45) is 5.92 Å². The molecular weight excluding hydrogens is 258 g/mol. The van der Waals surface area contributed by atoms with Crippen molar-refractivity contribution in [3.63, 3.8) is 0 Å². The number of aromatic carboxylic acids is 1. The molecule has 0 bridgehead atoms. The molecule has 0 radical (unpaired) electrons. The first kappa shape index (κ1) is 14.3. The van der Waals surface area contributed by atoms with Gasteiger partial charge in [-0.15, -0.1) is 11.8 Å². The van der Waals surface area contributed by atoms with E-state index in [1.807, 2.05) is 24.5 Å². The van der Waals surface area contributed by atoms with Crippen LogP contribution >= 0.6 is 11.8 Å². The predicted molar refractivity (Wildman–Crippen MR) is 80.2 cm³/mol. The van der Waals surface area contributed by atoms with Crippen LogP contribution in [0.1, 0.15) is 43.0 Å². The molecule has 1 saturated carbocycles. The third-order valence-corrected chi connectivity index (χ3v) is 4.62. The van der Waals surface area contributed by atoms with Crippen molar-refractivity contribution in [2.45, 2.75) is 43.5 Å². The maximum atomic E-state index is 11.4. The fraction of sp³-hybridized carbons (Fsp3) is 0.533. The number of rotatable bonds is 4. The molecule has 1 aromatic carbocycles. The van der Waals surface area contributed by atoms with Gasteiger partial charge in [0.1, 0.15) is 0 Å². The van der Waals surface area contributed by atoms with E-state index >= 15 is 0 Å². The molecule has 1 aliphatic carbocycles. The van der Waals surface area contributed by atoms with E-state index in [2.05, 4.69) is 12.2 Å². The largest absolute Gasteiger partial charge is 0.478 e. The minimum Gasteiger partial charge on any atom is -0.478 e. The van der Waals surface area contributed by atoms with Crippen LogP contribution in [0.2, 0.25) is 0 Å². The normalized spacial score (nSPS) is 23.1. The molecule has 0 saturated heterocycles. The Morgan fingerprint density at radius 1 is 1.32 bits per heavy atom. The number of anilines is 1. The molecule has 0 unspecified atom stereocenters. The summed E-state index contributed by atoms with van der Waals surface area (Å²) < 4.78 is 0. The minimum atomic E-state index is -0.850. The average Bonchev–Trinajstić information content (AvgIpc) is 2.40. The SMILES string of the molecule is CSc1cccc(NC2CCC(C)CC2)c1C(=O)O. The van der Waals surface area contributed by atoms with E-state index in [1.54, 1.807) is 0 Å². The lowest BCUT2D eigenvalue weighted by Gasteiger charge is -2.28. The van der Waals surface area contributed by atoms with Crippen LogP contribution in [-0.2, 0) is 0 Å². The second-order valence-corrected chi connectivity index (χ2v) is 6.14. The Kier molecular flexibility index (Phi) is 4.75. The number of hydrogen-bond acceptors (Lipinski definition) is 3. The number of thioether (sulfide) groups is 1. The van der Waals surface area contributed by atoms with Gasteiger partial charge in [0.25, 0.3) is 0 Å². The molecule has 2 rings (SSSR count).